The van der Waals surface area contributed by atoms with Crippen LogP contribution in [0.15, 0.2) is 42.6 Å². The van der Waals surface area contributed by atoms with E-state index in [1.807, 2.05) is 6.07 Å². The Labute approximate surface area is 142 Å². The molecule has 1 amide bonds. The van der Waals surface area contributed by atoms with Gasteiger partial charge in [-0.25, -0.2) is 9.78 Å². The Bertz CT molecular complexity index is 909. The number of rotatable bonds is 4. The zero-order chi connectivity index (χ0) is 17.1. The molecule has 7 nitrogen and oxygen atoms in total. The SMILES string of the molecule is CC(OC(=O)c1n[nH]c2ccccc12)C(=O)Nc1cccnc1Cl. The first-order chi connectivity index (χ1) is 11.6. The van der Waals surface area contributed by atoms with Crippen LogP contribution in [-0.2, 0) is 9.53 Å². The number of hydrogen-bond donors (Lipinski definition) is 2. The molecule has 2 N–H and O–H groups in total. The summed E-state index contributed by atoms with van der Waals surface area (Å²) in [5, 5.41) is 10.0. The maximum absolute atomic E-state index is 12.2. The minimum atomic E-state index is -1.02. The zero-order valence-electron chi connectivity index (χ0n) is 12.6. The molecule has 3 rings (SSSR count). The van der Waals surface area contributed by atoms with Crippen LogP contribution in [-0.4, -0.2) is 33.2 Å². The molecule has 0 radical (unpaired) electrons. The summed E-state index contributed by atoms with van der Waals surface area (Å²) in [4.78, 5) is 28.2. The highest BCUT2D eigenvalue weighted by Gasteiger charge is 2.22. The monoisotopic (exact) mass is 344 g/mol. The van der Waals surface area contributed by atoms with Crippen molar-refractivity contribution >= 4 is 40.1 Å². The van der Waals surface area contributed by atoms with Crippen LogP contribution >= 0.6 is 11.6 Å². The fourth-order valence-electron chi connectivity index (χ4n) is 2.10. The van der Waals surface area contributed by atoms with E-state index < -0.39 is 18.0 Å². The summed E-state index contributed by atoms with van der Waals surface area (Å²) in [6, 6.07) is 10.4. The summed E-state index contributed by atoms with van der Waals surface area (Å²) in [5.41, 5.74) is 1.19. The van der Waals surface area contributed by atoms with Crippen molar-refractivity contribution in [2.45, 2.75) is 13.0 Å². The number of halogens is 1. The van der Waals surface area contributed by atoms with Crippen LogP contribution in [0, 0.1) is 0 Å². The third-order valence-electron chi connectivity index (χ3n) is 3.33. The highest BCUT2D eigenvalue weighted by molar-refractivity contribution is 6.32. The van der Waals surface area contributed by atoms with Crippen molar-refractivity contribution in [3.63, 3.8) is 0 Å². The number of anilines is 1. The number of para-hydroxylation sites is 1. The number of hydrogen-bond acceptors (Lipinski definition) is 5. The van der Waals surface area contributed by atoms with Gasteiger partial charge in [-0.1, -0.05) is 29.8 Å². The van der Waals surface area contributed by atoms with Gasteiger partial charge >= 0.3 is 5.97 Å². The molecule has 3 aromatic rings. The van der Waals surface area contributed by atoms with Crippen molar-refractivity contribution in [1.29, 1.82) is 0 Å². The van der Waals surface area contributed by atoms with Gasteiger partial charge in [0.2, 0.25) is 0 Å². The van der Waals surface area contributed by atoms with Crippen molar-refractivity contribution in [2.24, 2.45) is 0 Å². The number of aromatic nitrogens is 3. The normalized spacial score (nSPS) is 11.9. The summed E-state index contributed by atoms with van der Waals surface area (Å²) < 4.78 is 5.18. The molecule has 0 aliphatic carbocycles. The van der Waals surface area contributed by atoms with Gasteiger partial charge in [0.15, 0.2) is 17.0 Å². The molecule has 0 fully saturated rings. The van der Waals surface area contributed by atoms with Crippen LogP contribution in [0.5, 0.6) is 0 Å². The number of nitrogens with one attached hydrogen (secondary N) is 2. The van der Waals surface area contributed by atoms with Gasteiger partial charge in [0.1, 0.15) is 0 Å². The highest BCUT2D eigenvalue weighted by atomic mass is 35.5. The molecule has 2 heterocycles. The van der Waals surface area contributed by atoms with E-state index in [4.69, 9.17) is 16.3 Å². The fraction of sp³-hybridized carbons (Fsp3) is 0.125. The Balaban J connectivity index is 1.70. The Morgan fingerprint density at radius 1 is 1.25 bits per heavy atom. The average molecular weight is 345 g/mol. The molecule has 0 aliphatic heterocycles. The number of amides is 1. The first-order valence-corrected chi connectivity index (χ1v) is 7.49. The molecule has 8 heteroatoms. The molecule has 2 aromatic heterocycles. The molecule has 0 aliphatic rings. The Kier molecular flexibility index (Phi) is 4.43. The smallest absolute Gasteiger partial charge is 0.360 e. The summed E-state index contributed by atoms with van der Waals surface area (Å²) in [5.74, 6) is -1.20. The Morgan fingerprint density at radius 2 is 2.04 bits per heavy atom. The third-order valence-corrected chi connectivity index (χ3v) is 3.63. The summed E-state index contributed by atoms with van der Waals surface area (Å²) in [6.07, 6.45) is 0.480. The minimum absolute atomic E-state index is 0.129. The molecule has 24 heavy (non-hydrogen) atoms. The lowest BCUT2D eigenvalue weighted by Crippen LogP contribution is -2.30. The molecular formula is C16H13ClN4O3. The van der Waals surface area contributed by atoms with E-state index in [0.29, 0.717) is 16.6 Å². The molecule has 1 unspecified atom stereocenters. The number of pyridine rings is 1. The second-order valence-electron chi connectivity index (χ2n) is 5.00. The second kappa shape index (κ2) is 6.67. The van der Waals surface area contributed by atoms with E-state index in [9.17, 15) is 9.59 Å². The second-order valence-corrected chi connectivity index (χ2v) is 5.35. The molecule has 1 aromatic carbocycles. The van der Waals surface area contributed by atoms with Gasteiger partial charge < -0.3 is 10.1 Å². The first-order valence-electron chi connectivity index (χ1n) is 7.11. The van der Waals surface area contributed by atoms with Crippen LogP contribution in [0.4, 0.5) is 5.69 Å². The van der Waals surface area contributed by atoms with Crippen LogP contribution < -0.4 is 5.32 Å². The topological polar surface area (TPSA) is 97.0 Å². The van der Waals surface area contributed by atoms with Gasteiger partial charge in [0.05, 0.1) is 11.2 Å². The standard InChI is InChI=1S/C16H13ClN4O3/c1-9(15(22)19-12-7-4-8-18-14(12)17)24-16(23)13-10-5-2-3-6-11(10)20-21-13/h2-9H,1H3,(H,19,22)(H,20,21). The molecule has 0 spiro atoms. The van der Waals surface area contributed by atoms with Crippen molar-refractivity contribution in [3.05, 3.63) is 53.4 Å². The summed E-state index contributed by atoms with van der Waals surface area (Å²) >= 11 is 5.88. The van der Waals surface area contributed by atoms with Gasteiger partial charge in [0.25, 0.3) is 5.91 Å². The molecule has 122 valence electrons. The van der Waals surface area contributed by atoms with Crippen LogP contribution in [0.3, 0.4) is 0 Å². The largest absolute Gasteiger partial charge is 0.448 e. The van der Waals surface area contributed by atoms with Gasteiger partial charge in [-0.3, -0.25) is 9.89 Å². The molecule has 1 atom stereocenters. The van der Waals surface area contributed by atoms with Gasteiger partial charge in [-0.2, -0.15) is 5.10 Å². The maximum Gasteiger partial charge on any atom is 0.360 e. The third kappa shape index (κ3) is 3.21. The first kappa shape index (κ1) is 15.9. The van der Waals surface area contributed by atoms with E-state index in [1.54, 1.807) is 30.3 Å². The number of ether oxygens (including phenoxy) is 1. The molecule has 0 saturated carbocycles. The molecular weight excluding hydrogens is 332 g/mol. The van der Waals surface area contributed by atoms with Gasteiger partial charge in [-0.05, 0) is 25.1 Å². The van der Waals surface area contributed by atoms with Gasteiger partial charge in [-0.15, -0.1) is 0 Å². The summed E-state index contributed by atoms with van der Waals surface area (Å²) in [6.45, 7) is 1.46. The lowest BCUT2D eigenvalue weighted by atomic mass is 10.2. The van der Waals surface area contributed by atoms with E-state index in [2.05, 4.69) is 20.5 Å². The van der Waals surface area contributed by atoms with Crippen LogP contribution in [0.2, 0.25) is 5.15 Å². The molecule has 0 bridgehead atoms. The summed E-state index contributed by atoms with van der Waals surface area (Å²) in [7, 11) is 0. The maximum atomic E-state index is 12.2. The number of fused-ring (bicyclic) bond motifs is 1. The van der Waals surface area contributed by atoms with Crippen molar-refractivity contribution in [1.82, 2.24) is 15.2 Å². The quantitative estimate of drug-likeness (QED) is 0.560. The van der Waals surface area contributed by atoms with Gasteiger partial charge in [0, 0.05) is 11.6 Å². The Morgan fingerprint density at radius 3 is 2.83 bits per heavy atom. The van der Waals surface area contributed by atoms with E-state index in [1.165, 1.54) is 13.1 Å². The fourth-order valence-corrected chi connectivity index (χ4v) is 2.27. The van der Waals surface area contributed by atoms with E-state index in [-0.39, 0.29) is 10.8 Å². The number of esters is 1. The van der Waals surface area contributed by atoms with E-state index >= 15 is 0 Å². The number of benzene rings is 1. The number of carbonyl (C=O) groups excluding carboxylic acids is 2. The zero-order valence-corrected chi connectivity index (χ0v) is 13.4. The van der Waals surface area contributed by atoms with Crippen molar-refractivity contribution < 1.29 is 14.3 Å². The Hall–Kier alpha value is -2.93. The van der Waals surface area contributed by atoms with Crippen LogP contribution in [0.25, 0.3) is 10.9 Å². The number of aromatic amines is 1. The minimum Gasteiger partial charge on any atom is -0.448 e. The predicted octanol–water partition coefficient (Wildman–Crippen LogP) is 2.80. The average Bonchev–Trinajstić information content (AvgIpc) is 3.01. The lowest BCUT2D eigenvalue weighted by Gasteiger charge is -2.13. The van der Waals surface area contributed by atoms with Crippen LogP contribution in [0.1, 0.15) is 17.4 Å². The molecule has 0 saturated heterocycles. The van der Waals surface area contributed by atoms with Crippen molar-refractivity contribution in [2.75, 3.05) is 5.32 Å². The predicted molar refractivity (Wildman–Crippen MR) is 88.8 cm³/mol. The number of nitrogens with zero attached hydrogens (tertiary/aromatic N) is 2. The number of H-pyrrole nitrogens is 1. The van der Waals surface area contributed by atoms with Crippen molar-refractivity contribution in [3.8, 4) is 0 Å². The highest BCUT2D eigenvalue weighted by Crippen LogP contribution is 2.19. The number of carbonyl (C=O) groups is 2. The van der Waals surface area contributed by atoms with E-state index in [0.717, 1.165) is 0 Å². The lowest BCUT2D eigenvalue weighted by molar-refractivity contribution is -0.123.